The molecule has 0 saturated carbocycles. The molecule has 0 bridgehead atoms. The number of sulfonamides is 1. The lowest BCUT2D eigenvalue weighted by Crippen LogP contribution is -2.48. The first-order valence-electron chi connectivity index (χ1n) is 8.61. The number of halogens is 1. The minimum absolute atomic E-state index is 0.0662. The highest BCUT2D eigenvalue weighted by atomic mass is 35.5. The molecule has 0 spiro atoms. The number of amides is 1. The topological polar surface area (TPSA) is 101 Å². The molecule has 1 aliphatic rings. The average molecular weight is 483 g/mol. The third-order valence-electron chi connectivity index (χ3n) is 4.24. The van der Waals surface area contributed by atoms with Crippen LogP contribution in [0.3, 0.4) is 0 Å². The highest BCUT2D eigenvalue weighted by molar-refractivity contribution is 8.00. The predicted molar refractivity (Wildman–Crippen MR) is 117 cm³/mol. The third-order valence-corrected chi connectivity index (χ3v) is 8.10. The maximum atomic E-state index is 13.3. The van der Waals surface area contributed by atoms with E-state index in [0.29, 0.717) is 25.9 Å². The molecule has 3 aromatic rings. The molecule has 0 radical (unpaired) electrons. The number of fused-ring (bicyclic) bond motifs is 1. The number of carbonyl (C=O) groups is 1. The summed E-state index contributed by atoms with van der Waals surface area (Å²) in [5.41, 5.74) is 0.358. The lowest BCUT2D eigenvalue weighted by Gasteiger charge is -2.34. The number of para-hydroxylation sites is 2. The van der Waals surface area contributed by atoms with Gasteiger partial charge in [0.05, 0.1) is 17.1 Å². The van der Waals surface area contributed by atoms with Gasteiger partial charge in [-0.1, -0.05) is 46.8 Å². The number of benzene rings is 2. The van der Waals surface area contributed by atoms with Crippen molar-refractivity contribution in [1.29, 1.82) is 0 Å². The van der Waals surface area contributed by atoms with Gasteiger partial charge in [-0.2, -0.15) is 0 Å². The highest BCUT2D eigenvalue weighted by Crippen LogP contribution is 2.37. The zero-order valence-electron chi connectivity index (χ0n) is 15.5. The van der Waals surface area contributed by atoms with Crippen molar-refractivity contribution in [3.05, 3.63) is 53.6 Å². The summed E-state index contributed by atoms with van der Waals surface area (Å²) in [6, 6.07) is 12.5. The molecule has 12 heteroatoms. The van der Waals surface area contributed by atoms with Gasteiger partial charge in [0, 0.05) is 5.02 Å². The van der Waals surface area contributed by atoms with Gasteiger partial charge in [-0.3, -0.25) is 14.4 Å². The number of hydrogen-bond donors (Lipinski definition) is 1. The van der Waals surface area contributed by atoms with Crippen LogP contribution < -0.4 is 14.4 Å². The second kappa shape index (κ2) is 8.42. The lowest BCUT2D eigenvalue weighted by molar-refractivity contribution is -0.122. The van der Waals surface area contributed by atoms with E-state index < -0.39 is 22.0 Å². The summed E-state index contributed by atoms with van der Waals surface area (Å²) in [5, 5.41) is 11.2. The van der Waals surface area contributed by atoms with Gasteiger partial charge in [0.1, 0.15) is 5.75 Å². The quantitative estimate of drug-likeness (QED) is 0.438. The monoisotopic (exact) mass is 482 g/mol. The first-order chi connectivity index (χ1) is 14.4. The summed E-state index contributed by atoms with van der Waals surface area (Å²) in [6.45, 7) is -0.192. The fourth-order valence-electron chi connectivity index (χ4n) is 2.83. The number of hydrogen-bond acceptors (Lipinski definition) is 8. The summed E-state index contributed by atoms with van der Waals surface area (Å²) in [6.07, 6.45) is 0.788. The van der Waals surface area contributed by atoms with Crippen LogP contribution in [-0.4, -0.2) is 43.4 Å². The molecule has 30 heavy (non-hydrogen) atoms. The fraction of sp³-hybridized carbons (Fsp3) is 0.167. The highest BCUT2D eigenvalue weighted by Gasteiger charge is 2.37. The van der Waals surface area contributed by atoms with Gasteiger partial charge in [-0.05, 0) is 42.7 Å². The van der Waals surface area contributed by atoms with Gasteiger partial charge in [0.15, 0.2) is 10.4 Å². The number of rotatable bonds is 5. The van der Waals surface area contributed by atoms with Gasteiger partial charge in [-0.15, -0.1) is 10.2 Å². The number of nitrogens with zero attached hydrogens (tertiary/aromatic N) is 3. The van der Waals surface area contributed by atoms with E-state index in [0.717, 1.165) is 0 Å². The Balaban J connectivity index is 1.65. The number of ether oxygens (including phenoxy) is 1. The molecule has 1 atom stereocenters. The SMILES string of the molecule is CSc1nnc(NC(=O)C2CN(S(=O)(=O)c3ccc(Cl)cc3)c3ccccc3O2)s1. The normalized spacial score (nSPS) is 15.9. The summed E-state index contributed by atoms with van der Waals surface area (Å²) in [4.78, 5) is 12.9. The zero-order valence-corrected chi connectivity index (χ0v) is 18.7. The summed E-state index contributed by atoms with van der Waals surface area (Å²) < 4.78 is 34.3. The molecular weight excluding hydrogens is 468 g/mol. The first-order valence-corrected chi connectivity index (χ1v) is 12.5. The summed E-state index contributed by atoms with van der Waals surface area (Å²) in [7, 11) is -3.95. The minimum Gasteiger partial charge on any atom is -0.476 e. The summed E-state index contributed by atoms with van der Waals surface area (Å²) in [5.74, 6) is -0.215. The van der Waals surface area contributed by atoms with Crippen molar-refractivity contribution in [3.8, 4) is 5.75 Å². The molecule has 1 N–H and O–H groups in total. The maximum Gasteiger partial charge on any atom is 0.269 e. The predicted octanol–water partition coefficient (Wildman–Crippen LogP) is 3.51. The third kappa shape index (κ3) is 4.10. The second-order valence-electron chi connectivity index (χ2n) is 6.13. The molecule has 2 aromatic carbocycles. The van der Waals surface area contributed by atoms with E-state index >= 15 is 0 Å². The molecule has 4 rings (SSSR count). The van der Waals surface area contributed by atoms with Crippen molar-refractivity contribution in [2.45, 2.75) is 15.3 Å². The Morgan fingerprint density at radius 1 is 1.23 bits per heavy atom. The van der Waals surface area contributed by atoms with Crippen molar-refractivity contribution in [2.24, 2.45) is 0 Å². The molecule has 8 nitrogen and oxygen atoms in total. The molecule has 0 aliphatic carbocycles. The van der Waals surface area contributed by atoms with Gasteiger partial charge >= 0.3 is 0 Å². The van der Waals surface area contributed by atoms with Crippen LogP contribution in [0.1, 0.15) is 0 Å². The molecule has 0 saturated heterocycles. The standard InChI is InChI=1S/C18H15ClN4O4S3/c1-28-18-22-21-17(29-18)20-16(24)15-10-23(13-4-2-3-5-14(13)27-15)30(25,26)12-8-6-11(19)7-9-12/h2-9,15H,10H2,1H3,(H,20,21,24). The number of anilines is 2. The Hall–Kier alpha value is -2.34. The Kier molecular flexibility index (Phi) is 5.87. The largest absolute Gasteiger partial charge is 0.476 e. The Morgan fingerprint density at radius 3 is 2.67 bits per heavy atom. The van der Waals surface area contributed by atoms with Gasteiger partial charge in [-0.25, -0.2) is 8.42 Å². The van der Waals surface area contributed by atoms with Crippen molar-refractivity contribution < 1.29 is 17.9 Å². The van der Waals surface area contributed by atoms with Crippen LogP contribution in [0.2, 0.25) is 5.02 Å². The van der Waals surface area contributed by atoms with Gasteiger partial charge in [0.2, 0.25) is 5.13 Å². The van der Waals surface area contributed by atoms with E-state index in [-0.39, 0.29) is 11.4 Å². The summed E-state index contributed by atoms with van der Waals surface area (Å²) >= 11 is 8.52. The smallest absolute Gasteiger partial charge is 0.269 e. The van der Waals surface area contributed by atoms with E-state index in [1.807, 2.05) is 6.26 Å². The average Bonchev–Trinajstić information content (AvgIpc) is 3.20. The van der Waals surface area contributed by atoms with Crippen LogP contribution in [-0.2, 0) is 14.8 Å². The van der Waals surface area contributed by atoms with E-state index in [9.17, 15) is 13.2 Å². The van der Waals surface area contributed by atoms with E-state index in [1.165, 1.54) is 51.7 Å². The molecule has 2 heterocycles. The van der Waals surface area contributed by atoms with Crippen LogP contribution in [0.15, 0.2) is 57.8 Å². The zero-order chi connectivity index (χ0) is 21.3. The Labute approximate surface area is 186 Å². The second-order valence-corrected chi connectivity index (χ2v) is 10.5. The molecule has 1 aromatic heterocycles. The van der Waals surface area contributed by atoms with Crippen LogP contribution in [0.5, 0.6) is 5.75 Å². The van der Waals surface area contributed by atoms with E-state index in [1.54, 1.807) is 24.3 Å². The maximum absolute atomic E-state index is 13.3. The van der Waals surface area contributed by atoms with Gasteiger partial charge < -0.3 is 4.74 Å². The number of thioether (sulfide) groups is 1. The lowest BCUT2D eigenvalue weighted by atomic mass is 10.2. The van der Waals surface area contributed by atoms with E-state index in [4.69, 9.17) is 16.3 Å². The molecule has 1 unspecified atom stereocenters. The van der Waals surface area contributed by atoms with Crippen LogP contribution in [0.25, 0.3) is 0 Å². The van der Waals surface area contributed by atoms with E-state index in [2.05, 4.69) is 15.5 Å². The Bertz CT molecular complexity index is 1180. The first kappa shape index (κ1) is 20.9. The van der Waals surface area contributed by atoms with Gasteiger partial charge in [0.25, 0.3) is 15.9 Å². The van der Waals surface area contributed by atoms with Crippen molar-refractivity contribution in [1.82, 2.24) is 10.2 Å². The van der Waals surface area contributed by atoms with Crippen LogP contribution in [0.4, 0.5) is 10.8 Å². The molecule has 1 amide bonds. The van der Waals surface area contributed by atoms with Crippen molar-refractivity contribution in [2.75, 3.05) is 22.4 Å². The number of aromatic nitrogens is 2. The fourth-order valence-corrected chi connectivity index (χ4v) is 5.60. The van der Waals surface area contributed by atoms with Crippen molar-refractivity contribution >= 4 is 61.4 Å². The molecule has 0 fully saturated rings. The molecule has 1 aliphatic heterocycles. The Morgan fingerprint density at radius 2 is 1.97 bits per heavy atom. The number of nitrogens with one attached hydrogen (secondary N) is 1. The number of carbonyl (C=O) groups excluding carboxylic acids is 1. The van der Waals surface area contributed by atoms with Crippen LogP contribution in [0, 0.1) is 0 Å². The minimum atomic E-state index is -3.95. The van der Waals surface area contributed by atoms with Crippen LogP contribution >= 0.6 is 34.7 Å². The molecule has 156 valence electrons. The molecular formula is C18H15ClN4O4S3. The van der Waals surface area contributed by atoms with Crippen molar-refractivity contribution in [3.63, 3.8) is 0 Å².